The second-order valence-electron chi connectivity index (χ2n) is 7.24. The van der Waals surface area contributed by atoms with E-state index in [9.17, 15) is 0 Å². The van der Waals surface area contributed by atoms with E-state index in [0.717, 1.165) is 0 Å². The maximum absolute atomic E-state index is 2.34. The van der Waals surface area contributed by atoms with E-state index >= 15 is 0 Å². The van der Waals surface area contributed by atoms with E-state index in [1.165, 1.54) is 94.0 Å². The van der Waals surface area contributed by atoms with E-state index < -0.39 is 0 Å². The third-order valence-electron chi connectivity index (χ3n) is 5.15. The van der Waals surface area contributed by atoms with Crippen molar-refractivity contribution in [3.63, 3.8) is 0 Å². The van der Waals surface area contributed by atoms with Crippen molar-refractivity contribution in [2.24, 2.45) is 0 Å². The minimum atomic E-state index is 1.25. The summed E-state index contributed by atoms with van der Waals surface area (Å²) in [6, 6.07) is 11.0. The minimum absolute atomic E-state index is 1.25. The molecule has 0 aliphatic rings. The van der Waals surface area contributed by atoms with Crippen LogP contribution < -0.4 is 0 Å². The number of hydrogen-bond donors (Lipinski definition) is 0. The Morgan fingerprint density at radius 1 is 0.609 bits per heavy atom. The van der Waals surface area contributed by atoms with Crippen molar-refractivity contribution in [2.75, 3.05) is 26.2 Å². The molecule has 1 nitrogen and oxygen atoms in total. The summed E-state index contributed by atoms with van der Waals surface area (Å²) < 4.78 is 1.39. The lowest BCUT2D eigenvalue weighted by Crippen LogP contribution is -2.50. The van der Waals surface area contributed by atoms with Crippen LogP contribution in [-0.4, -0.2) is 30.7 Å². The molecule has 23 heavy (non-hydrogen) atoms. The first-order valence-electron chi connectivity index (χ1n) is 10.2. The summed E-state index contributed by atoms with van der Waals surface area (Å²) in [5.74, 6) is 0. The van der Waals surface area contributed by atoms with Crippen LogP contribution in [-0.2, 0) is 6.42 Å². The van der Waals surface area contributed by atoms with E-state index in [4.69, 9.17) is 0 Å². The maximum Gasteiger partial charge on any atom is 0.0786 e. The molecule has 132 valence electrons. The van der Waals surface area contributed by atoms with Gasteiger partial charge in [-0.25, -0.2) is 0 Å². The van der Waals surface area contributed by atoms with Crippen molar-refractivity contribution < 1.29 is 4.48 Å². The first-order valence-corrected chi connectivity index (χ1v) is 10.2. The Kier molecular flexibility index (Phi) is 11.1. The van der Waals surface area contributed by atoms with E-state index in [1.807, 2.05) is 0 Å². The van der Waals surface area contributed by atoms with Gasteiger partial charge in [-0.2, -0.15) is 0 Å². The van der Waals surface area contributed by atoms with Crippen LogP contribution in [0.3, 0.4) is 0 Å². The first kappa shape index (κ1) is 20.2. The molecule has 0 unspecified atom stereocenters. The summed E-state index contributed by atoms with van der Waals surface area (Å²) >= 11 is 0. The Morgan fingerprint density at radius 2 is 1.09 bits per heavy atom. The summed E-state index contributed by atoms with van der Waals surface area (Å²) in [4.78, 5) is 0. The van der Waals surface area contributed by atoms with Gasteiger partial charge in [0.25, 0.3) is 0 Å². The number of aryl methyl sites for hydroxylation is 1. The fourth-order valence-electron chi connectivity index (χ4n) is 3.57. The summed E-state index contributed by atoms with van der Waals surface area (Å²) in [6.45, 7) is 12.6. The second kappa shape index (κ2) is 12.6. The number of nitrogens with zero attached hydrogens (tertiary/aromatic N) is 1. The maximum atomic E-state index is 2.34. The Labute approximate surface area is 145 Å². The molecule has 0 N–H and O–H groups in total. The van der Waals surface area contributed by atoms with Crippen molar-refractivity contribution in [3.05, 3.63) is 35.9 Å². The summed E-state index contributed by atoms with van der Waals surface area (Å²) in [5.41, 5.74) is 1.50. The molecule has 0 aliphatic carbocycles. The van der Waals surface area contributed by atoms with Gasteiger partial charge in [-0.05, 0) is 44.1 Å². The van der Waals surface area contributed by atoms with Crippen molar-refractivity contribution in [2.45, 2.75) is 78.6 Å². The second-order valence-corrected chi connectivity index (χ2v) is 7.24. The van der Waals surface area contributed by atoms with Gasteiger partial charge in [0.2, 0.25) is 0 Å². The van der Waals surface area contributed by atoms with Crippen LogP contribution >= 0.6 is 0 Å². The highest BCUT2D eigenvalue weighted by Crippen LogP contribution is 2.17. The highest BCUT2D eigenvalue weighted by molar-refractivity contribution is 5.14. The molecule has 0 spiro atoms. The smallest absolute Gasteiger partial charge is 0.0786 e. The lowest BCUT2D eigenvalue weighted by molar-refractivity contribution is -0.929. The number of hydrogen-bond acceptors (Lipinski definition) is 0. The molecule has 0 amide bonds. The number of benzene rings is 1. The van der Waals surface area contributed by atoms with E-state index in [2.05, 4.69) is 51.1 Å². The van der Waals surface area contributed by atoms with Gasteiger partial charge in [-0.15, -0.1) is 0 Å². The van der Waals surface area contributed by atoms with Gasteiger partial charge in [0.1, 0.15) is 0 Å². The highest BCUT2D eigenvalue weighted by atomic mass is 15.3. The molecule has 1 aromatic rings. The molecule has 1 heteroatoms. The Hall–Kier alpha value is -0.820. The minimum Gasteiger partial charge on any atom is -0.324 e. The average molecular weight is 319 g/mol. The quantitative estimate of drug-likeness (QED) is 0.282. The van der Waals surface area contributed by atoms with Gasteiger partial charge in [-0.1, -0.05) is 70.4 Å². The molecule has 1 rings (SSSR count). The topological polar surface area (TPSA) is 0 Å². The van der Waals surface area contributed by atoms with Crippen LogP contribution in [0.5, 0.6) is 0 Å². The predicted octanol–water partition coefficient (Wildman–Crippen LogP) is 6.23. The van der Waals surface area contributed by atoms with Crippen LogP contribution in [0.1, 0.15) is 77.7 Å². The summed E-state index contributed by atoms with van der Waals surface area (Å²) in [7, 11) is 0. The Balaban J connectivity index is 2.50. The van der Waals surface area contributed by atoms with Gasteiger partial charge >= 0.3 is 0 Å². The lowest BCUT2D eigenvalue weighted by atomic mass is 10.1. The molecular formula is C22H40N+. The zero-order chi connectivity index (χ0) is 16.8. The van der Waals surface area contributed by atoms with Gasteiger partial charge in [0, 0.05) is 0 Å². The zero-order valence-corrected chi connectivity index (χ0v) is 16.0. The van der Waals surface area contributed by atoms with Crippen molar-refractivity contribution in [1.29, 1.82) is 0 Å². The van der Waals surface area contributed by atoms with Crippen molar-refractivity contribution in [1.82, 2.24) is 0 Å². The first-order chi connectivity index (χ1) is 11.3. The van der Waals surface area contributed by atoms with Gasteiger partial charge in [0.15, 0.2) is 0 Å². The third kappa shape index (κ3) is 8.55. The van der Waals surface area contributed by atoms with Crippen LogP contribution in [0.25, 0.3) is 0 Å². The summed E-state index contributed by atoms with van der Waals surface area (Å²) in [6.07, 6.45) is 12.2. The molecule has 0 heterocycles. The third-order valence-corrected chi connectivity index (χ3v) is 5.15. The molecule has 0 aliphatic heterocycles. The fraction of sp³-hybridized carbons (Fsp3) is 0.727. The van der Waals surface area contributed by atoms with Crippen molar-refractivity contribution in [3.8, 4) is 0 Å². The van der Waals surface area contributed by atoms with Crippen LogP contribution in [0.2, 0.25) is 0 Å². The average Bonchev–Trinajstić information content (AvgIpc) is 2.60. The Morgan fingerprint density at radius 3 is 1.57 bits per heavy atom. The van der Waals surface area contributed by atoms with Crippen molar-refractivity contribution >= 4 is 0 Å². The fourth-order valence-corrected chi connectivity index (χ4v) is 3.57. The van der Waals surface area contributed by atoms with E-state index in [-0.39, 0.29) is 0 Å². The van der Waals surface area contributed by atoms with Crippen LogP contribution in [0.4, 0.5) is 0 Å². The molecule has 0 radical (unpaired) electrons. The Bertz CT molecular complexity index is 349. The van der Waals surface area contributed by atoms with E-state index in [1.54, 1.807) is 0 Å². The highest BCUT2D eigenvalue weighted by Gasteiger charge is 2.24. The number of unbranched alkanes of at least 4 members (excludes halogenated alkanes) is 4. The molecule has 0 saturated carbocycles. The monoisotopic (exact) mass is 318 g/mol. The van der Waals surface area contributed by atoms with Gasteiger partial charge < -0.3 is 4.48 Å². The van der Waals surface area contributed by atoms with Gasteiger partial charge in [0.05, 0.1) is 26.2 Å². The van der Waals surface area contributed by atoms with E-state index in [0.29, 0.717) is 0 Å². The standard InChI is InChI=1S/C22H40N/c1-4-7-18-23(19-8-5-2,20-9-6-3)21-14-13-17-22-15-11-10-12-16-22/h10-12,15-16H,4-9,13-14,17-21H2,1-3H3/q+1. The molecule has 0 fully saturated rings. The molecule has 0 bridgehead atoms. The normalized spacial score (nSPS) is 11.8. The van der Waals surface area contributed by atoms with Crippen LogP contribution in [0.15, 0.2) is 30.3 Å². The molecule has 1 aromatic carbocycles. The number of quaternary nitrogens is 1. The number of rotatable bonds is 14. The SMILES string of the molecule is CCCC[N+](CCCC)(CCCC)CCCCc1ccccc1. The largest absolute Gasteiger partial charge is 0.324 e. The molecule has 0 aromatic heterocycles. The molecule has 0 atom stereocenters. The molecular weight excluding hydrogens is 278 g/mol. The molecule has 0 saturated heterocycles. The van der Waals surface area contributed by atoms with Crippen LogP contribution in [0, 0.1) is 0 Å². The van der Waals surface area contributed by atoms with Gasteiger partial charge in [-0.3, -0.25) is 0 Å². The summed E-state index contributed by atoms with van der Waals surface area (Å²) in [5, 5.41) is 0. The zero-order valence-electron chi connectivity index (χ0n) is 16.0. The lowest BCUT2D eigenvalue weighted by Gasteiger charge is -2.39. The predicted molar refractivity (Wildman–Crippen MR) is 104 cm³/mol.